The molecular formula is C17H13FN4O2S. The molecule has 0 radical (unpaired) electrons. The first-order valence-corrected chi connectivity index (χ1v) is 8.56. The molecular weight excluding hydrogens is 343 g/mol. The average Bonchev–Trinajstić information content (AvgIpc) is 3.24. The first kappa shape index (κ1) is 15.6. The summed E-state index contributed by atoms with van der Waals surface area (Å²) in [6, 6.07) is 7.84. The lowest BCUT2D eigenvalue weighted by atomic mass is 10.2. The quantitative estimate of drug-likeness (QED) is 0.737. The Hall–Kier alpha value is -2.87. The van der Waals surface area contributed by atoms with Gasteiger partial charge in [-0.25, -0.2) is 9.37 Å². The number of aliphatic imine (C=N–C) groups is 1. The molecule has 126 valence electrons. The molecule has 1 fully saturated rings. The van der Waals surface area contributed by atoms with Crippen LogP contribution in [0.5, 0.6) is 5.75 Å². The zero-order valence-corrected chi connectivity index (χ0v) is 13.8. The lowest BCUT2D eigenvalue weighted by Crippen LogP contribution is -2.24. The van der Waals surface area contributed by atoms with Crippen molar-refractivity contribution in [3.63, 3.8) is 0 Å². The Morgan fingerprint density at radius 3 is 3.12 bits per heavy atom. The number of anilines is 1. The molecule has 2 N–H and O–H groups in total. The van der Waals surface area contributed by atoms with Gasteiger partial charge in [0, 0.05) is 30.1 Å². The van der Waals surface area contributed by atoms with Crippen molar-refractivity contribution in [3.8, 4) is 5.75 Å². The van der Waals surface area contributed by atoms with Crippen LogP contribution >= 0.6 is 11.8 Å². The molecule has 3 heterocycles. The van der Waals surface area contributed by atoms with E-state index < -0.39 is 17.5 Å². The molecule has 1 amide bonds. The van der Waals surface area contributed by atoms with Crippen LogP contribution in [-0.2, 0) is 0 Å². The fourth-order valence-corrected chi connectivity index (χ4v) is 3.67. The van der Waals surface area contributed by atoms with E-state index in [4.69, 9.17) is 0 Å². The Balaban J connectivity index is 1.70. The monoisotopic (exact) mass is 356 g/mol. The molecule has 4 rings (SSSR count). The molecule has 1 aliphatic rings. The zero-order chi connectivity index (χ0) is 17.4. The molecule has 8 heteroatoms. The minimum absolute atomic E-state index is 0.303. The van der Waals surface area contributed by atoms with Gasteiger partial charge in [-0.2, -0.15) is 4.99 Å². The van der Waals surface area contributed by atoms with E-state index in [0.29, 0.717) is 39.7 Å². The average molecular weight is 356 g/mol. The largest absolute Gasteiger partial charge is 0.503 e. The van der Waals surface area contributed by atoms with Gasteiger partial charge in [0.1, 0.15) is 5.65 Å². The fourth-order valence-electron chi connectivity index (χ4n) is 2.72. The maximum atomic E-state index is 13.6. The second-order valence-corrected chi connectivity index (χ2v) is 6.47. The van der Waals surface area contributed by atoms with Crippen molar-refractivity contribution < 1.29 is 14.3 Å². The number of aromatic hydroxyl groups is 1. The van der Waals surface area contributed by atoms with Crippen LogP contribution in [-0.4, -0.2) is 38.4 Å². The van der Waals surface area contributed by atoms with Crippen LogP contribution in [0.2, 0.25) is 0 Å². The molecule has 25 heavy (non-hydrogen) atoms. The Bertz CT molecular complexity index is 1000. The third kappa shape index (κ3) is 2.74. The lowest BCUT2D eigenvalue weighted by molar-refractivity contribution is 0.100. The van der Waals surface area contributed by atoms with Crippen LogP contribution in [0.3, 0.4) is 0 Å². The number of carbonyl (C=O) groups is 1. The number of pyridine rings is 1. The summed E-state index contributed by atoms with van der Waals surface area (Å²) >= 11 is 1.39. The summed E-state index contributed by atoms with van der Waals surface area (Å²) < 4.78 is 13.6. The highest BCUT2D eigenvalue weighted by Gasteiger charge is 2.26. The Kier molecular flexibility index (Phi) is 3.89. The predicted molar refractivity (Wildman–Crippen MR) is 95.7 cm³/mol. The van der Waals surface area contributed by atoms with Crippen LogP contribution in [0.4, 0.5) is 10.1 Å². The number of aromatic amines is 1. The molecule has 0 atom stereocenters. The maximum Gasteiger partial charge on any atom is 0.281 e. The summed E-state index contributed by atoms with van der Waals surface area (Å²) in [4.78, 5) is 25.5. The molecule has 0 aliphatic carbocycles. The Morgan fingerprint density at radius 1 is 1.36 bits per heavy atom. The van der Waals surface area contributed by atoms with Crippen LogP contribution in [0.15, 0.2) is 47.7 Å². The minimum Gasteiger partial charge on any atom is -0.503 e. The second kappa shape index (κ2) is 6.21. The van der Waals surface area contributed by atoms with E-state index in [0.717, 1.165) is 0 Å². The maximum absolute atomic E-state index is 13.6. The molecule has 0 unspecified atom stereocenters. The number of fused-ring (bicyclic) bond motifs is 1. The van der Waals surface area contributed by atoms with E-state index in [2.05, 4.69) is 15.0 Å². The van der Waals surface area contributed by atoms with E-state index >= 15 is 0 Å². The number of phenols is 1. The Morgan fingerprint density at radius 2 is 2.24 bits per heavy atom. The highest BCUT2D eigenvalue weighted by molar-refractivity contribution is 8.14. The number of hydrogen-bond acceptors (Lipinski definition) is 4. The normalized spacial score (nSPS) is 16.0. The summed E-state index contributed by atoms with van der Waals surface area (Å²) in [7, 11) is 0. The number of hydrogen-bond donors (Lipinski definition) is 2. The number of nitrogens with one attached hydrogen (secondary N) is 1. The third-order valence-corrected chi connectivity index (χ3v) is 4.87. The summed E-state index contributed by atoms with van der Waals surface area (Å²) in [6.45, 7) is 0.531. The molecule has 2 aromatic heterocycles. The van der Waals surface area contributed by atoms with Crippen molar-refractivity contribution in [2.24, 2.45) is 4.99 Å². The number of aromatic nitrogens is 2. The number of benzene rings is 1. The number of amidine groups is 1. The van der Waals surface area contributed by atoms with Gasteiger partial charge in [0.05, 0.1) is 11.3 Å². The number of thioether (sulfide) groups is 1. The van der Waals surface area contributed by atoms with Crippen LogP contribution in [0.1, 0.15) is 10.4 Å². The Labute approximate surface area is 146 Å². The molecule has 0 spiro atoms. The molecule has 1 aromatic carbocycles. The van der Waals surface area contributed by atoms with Crippen molar-refractivity contribution >= 4 is 39.6 Å². The van der Waals surface area contributed by atoms with Gasteiger partial charge in [-0.05, 0) is 24.3 Å². The van der Waals surface area contributed by atoms with Crippen LogP contribution in [0.25, 0.3) is 11.0 Å². The zero-order valence-electron chi connectivity index (χ0n) is 12.9. The van der Waals surface area contributed by atoms with Gasteiger partial charge < -0.3 is 15.0 Å². The summed E-state index contributed by atoms with van der Waals surface area (Å²) in [5.74, 6) is -0.869. The van der Waals surface area contributed by atoms with Crippen molar-refractivity contribution in [1.29, 1.82) is 0 Å². The molecule has 1 aliphatic heterocycles. The molecule has 0 saturated carbocycles. The number of amides is 1. The van der Waals surface area contributed by atoms with E-state index in [9.17, 15) is 14.3 Å². The number of nitrogens with zero attached hydrogens (tertiary/aromatic N) is 3. The van der Waals surface area contributed by atoms with Gasteiger partial charge in [0.15, 0.2) is 16.7 Å². The topological polar surface area (TPSA) is 81.6 Å². The van der Waals surface area contributed by atoms with Crippen molar-refractivity contribution in [1.82, 2.24) is 9.97 Å². The summed E-state index contributed by atoms with van der Waals surface area (Å²) in [5, 5.41) is 11.1. The lowest BCUT2D eigenvalue weighted by Gasteiger charge is -2.19. The number of halogens is 1. The van der Waals surface area contributed by atoms with Gasteiger partial charge in [-0.15, -0.1) is 0 Å². The molecule has 0 bridgehead atoms. The van der Waals surface area contributed by atoms with E-state index in [1.54, 1.807) is 35.5 Å². The van der Waals surface area contributed by atoms with Gasteiger partial charge in [0.2, 0.25) is 0 Å². The highest BCUT2D eigenvalue weighted by atomic mass is 32.2. The number of H-pyrrole nitrogens is 1. The number of rotatable bonds is 2. The van der Waals surface area contributed by atoms with E-state index in [-0.39, 0.29) is 0 Å². The van der Waals surface area contributed by atoms with Gasteiger partial charge in [-0.3, -0.25) is 4.79 Å². The molecule has 1 saturated heterocycles. The molecule has 3 aromatic rings. The van der Waals surface area contributed by atoms with E-state index in [1.807, 2.05) is 0 Å². The van der Waals surface area contributed by atoms with Crippen molar-refractivity contribution in [3.05, 3.63) is 54.1 Å². The first-order chi connectivity index (χ1) is 12.1. The fraction of sp³-hybridized carbons (Fsp3) is 0.118. The molecule has 6 nitrogen and oxygen atoms in total. The van der Waals surface area contributed by atoms with Crippen molar-refractivity contribution in [2.45, 2.75) is 0 Å². The standard InChI is InChI=1S/C17H13FN4O2S/c18-12-4-1-5-13(14(12)23)22-7-8-25-17(22)21-16(24)11-9-20-15-10(11)3-2-6-19-15/h1-6,9,23H,7-8H2,(H,19,20)/b21-17-. The van der Waals surface area contributed by atoms with Crippen LogP contribution < -0.4 is 4.90 Å². The highest BCUT2D eigenvalue weighted by Crippen LogP contribution is 2.34. The van der Waals surface area contributed by atoms with Gasteiger partial charge in [-0.1, -0.05) is 17.8 Å². The predicted octanol–water partition coefficient (Wildman–Crippen LogP) is 3.16. The minimum atomic E-state index is -0.706. The van der Waals surface area contributed by atoms with Gasteiger partial charge in [0.25, 0.3) is 5.91 Å². The first-order valence-electron chi connectivity index (χ1n) is 7.58. The van der Waals surface area contributed by atoms with E-state index in [1.165, 1.54) is 23.9 Å². The SMILES string of the molecule is O=C(/N=C1\SCCN1c1cccc(F)c1O)c1c[nH]c2ncccc12. The number of para-hydroxylation sites is 1. The van der Waals surface area contributed by atoms with Gasteiger partial charge >= 0.3 is 0 Å². The van der Waals surface area contributed by atoms with Crippen molar-refractivity contribution in [2.75, 3.05) is 17.2 Å². The summed E-state index contributed by atoms with van der Waals surface area (Å²) in [5.41, 5.74) is 1.34. The smallest absolute Gasteiger partial charge is 0.281 e. The second-order valence-electron chi connectivity index (χ2n) is 5.41. The number of carbonyl (C=O) groups excluding carboxylic acids is 1. The number of phenolic OH excluding ortho intramolecular Hbond substituents is 1. The van der Waals surface area contributed by atoms with Crippen LogP contribution in [0, 0.1) is 5.82 Å². The summed E-state index contributed by atoms with van der Waals surface area (Å²) in [6.07, 6.45) is 3.22. The third-order valence-electron chi connectivity index (χ3n) is 3.91.